The molecule has 9 heteroatoms. The van der Waals surface area contributed by atoms with Gasteiger partial charge in [-0.2, -0.15) is 4.31 Å². The van der Waals surface area contributed by atoms with Crippen LogP contribution in [-0.2, 0) is 22.9 Å². The number of thiophene rings is 1. The van der Waals surface area contributed by atoms with E-state index >= 15 is 0 Å². The third-order valence-electron chi connectivity index (χ3n) is 6.78. The number of primary amides is 1. The molecule has 0 bridgehead atoms. The zero-order chi connectivity index (χ0) is 23.6. The zero-order valence-corrected chi connectivity index (χ0v) is 20.6. The van der Waals surface area contributed by atoms with Crippen LogP contribution in [0.3, 0.4) is 0 Å². The lowest BCUT2D eigenvalue weighted by atomic mass is 9.96. The molecule has 178 valence electrons. The third kappa shape index (κ3) is 5.00. The molecular weight excluding hydrogens is 458 g/mol. The average molecular weight is 490 g/mol. The van der Waals surface area contributed by atoms with Crippen LogP contribution in [0, 0.1) is 0 Å². The van der Waals surface area contributed by atoms with Gasteiger partial charge in [-0.15, -0.1) is 11.3 Å². The zero-order valence-electron chi connectivity index (χ0n) is 18.9. The lowest BCUT2D eigenvalue weighted by molar-refractivity contribution is 0.100. The fourth-order valence-corrected chi connectivity index (χ4v) is 7.56. The highest BCUT2D eigenvalue weighted by atomic mass is 32.2. The molecule has 0 aliphatic heterocycles. The Morgan fingerprint density at radius 3 is 2.30 bits per heavy atom. The fraction of sp³-hybridized carbons (Fsp3) is 0.500. The van der Waals surface area contributed by atoms with E-state index in [2.05, 4.69) is 5.32 Å². The van der Waals surface area contributed by atoms with Crippen LogP contribution < -0.4 is 11.1 Å². The van der Waals surface area contributed by atoms with Gasteiger partial charge in [0.05, 0.1) is 10.5 Å². The Morgan fingerprint density at radius 2 is 1.64 bits per heavy atom. The van der Waals surface area contributed by atoms with Crippen LogP contribution >= 0.6 is 11.3 Å². The van der Waals surface area contributed by atoms with Gasteiger partial charge in [0.2, 0.25) is 10.0 Å². The Morgan fingerprint density at radius 1 is 1.00 bits per heavy atom. The van der Waals surface area contributed by atoms with Crippen molar-refractivity contribution in [1.82, 2.24) is 4.31 Å². The minimum atomic E-state index is -3.62. The number of hydrogen-bond donors (Lipinski definition) is 2. The number of amides is 2. The first kappa shape index (κ1) is 23.9. The van der Waals surface area contributed by atoms with Gasteiger partial charge < -0.3 is 11.1 Å². The van der Waals surface area contributed by atoms with Gasteiger partial charge in [-0.3, -0.25) is 9.59 Å². The SMILES string of the molecule is CN(C1CCCCC1)S(=O)(=O)c1ccc(C(=O)Nc2sc3c(c2C(N)=O)CCCCC3)cc1. The number of rotatable bonds is 6. The summed E-state index contributed by atoms with van der Waals surface area (Å²) in [5.74, 6) is -0.921. The molecule has 1 saturated carbocycles. The van der Waals surface area contributed by atoms with Crippen molar-refractivity contribution in [2.45, 2.75) is 75.1 Å². The standard InChI is InChI=1S/C24H31N3O4S2/c1-27(17-8-4-2-5-9-17)33(30,31)18-14-12-16(13-15-18)23(29)26-24-21(22(25)28)19-10-6-3-7-11-20(19)32-24/h12-15,17H,2-11H2,1H3,(H2,25,28)(H,26,29). The lowest BCUT2D eigenvalue weighted by Gasteiger charge is -2.30. The molecular formula is C24H31N3O4S2. The Hall–Kier alpha value is -2.23. The molecule has 1 aromatic heterocycles. The van der Waals surface area contributed by atoms with Crippen molar-refractivity contribution in [3.05, 3.63) is 45.8 Å². The summed E-state index contributed by atoms with van der Waals surface area (Å²) in [5, 5.41) is 3.32. The van der Waals surface area contributed by atoms with E-state index in [1.807, 2.05) is 0 Å². The summed E-state index contributed by atoms with van der Waals surface area (Å²) in [6.45, 7) is 0. The minimum Gasteiger partial charge on any atom is -0.365 e. The van der Waals surface area contributed by atoms with Gasteiger partial charge in [0, 0.05) is 23.5 Å². The summed E-state index contributed by atoms with van der Waals surface area (Å²) in [7, 11) is -1.98. The van der Waals surface area contributed by atoms with Crippen molar-refractivity contribution in [3.8, 4) is 0 Å². The second-order valence-corrected chi connectivity index (χ2v) is 12.0. The predicted octanol–water partition coefficient (Wildman–Crippen LogP) is 4.32. The van der Waals surface area contributed by atoms with Crippen molar-refractivity contribution in [2.75, 3.05) is 12.4 Å². The first-order chi connectivity index (χ1) is 15.8. The first-order valence-electron chi connectivity index (χ1n) is 11.6. The number of hydrogen-bond acceptors (Lipinski definition) is 5. The van der Waals surface area contributed by atoms with Gasteiger partial charge in [0.25, 0.3) is 11.8 Å². The van der Waals surface area contributed by atoms with Gasteiger partial charge in [-0.25, -0.2) is 8.42 Å². The molecule has 0 unspecified atom stereocenters. The number of fused-ring (bicyclic) bond motifs is 1. The van der Waals surface area contributed by atoms with Gasteiger partial charge in [0.1, 0.15) is 5.00 Å². The molecule has 4 rings (SSSR count). The molecule has 2 aliphatic rings. The van der Waals surface area contributed by atoms with Crippen LogP contribution in [0.1, 0.15) is 82.5 Å². The Bertz CT molecular complexity index is 1130. The maximum absolute atomic E-state index is 13.0. The van der Waals surface area contributed by atoms with Crippen molar-refractivity contribution in [1.29, 1.82) is 0 Å². The molecule has 33 heavy (non-hydrogen) atoms. The van der Waals surface area contributed by atoms with Crippen LogP contribution in [0.4, 0.5) is 5.00 Å². The molecule has 2 amide bonds. The molecule has 0 spiro atoms. The van der Waals surface area contributed by atoms with Crippen molar-refractivity contribution < 1.29 is 18.0 Å². The van der Waals surface area contributed by atoms with E-state index in [0.29, 0.717) is 16.1 Å². The fourth-order valence-electron chi connectivity index (χ4n) is 4.85. The molecule has 2 aliphatic carbocycles. The summed E-state index contributed by atoms with van der Waals surface area (Å²) < 4.78 is 27.5. The second-order valence-electron chi connectivity index (χ2n) is 8.92. The van der Waals surface area contributed by atoms with E-state index in [0.717, 1.165) is 74.6 Å². The number of carbonyl (C=O) groups is 2. The minimum absolute atomic E-state index is 0.0213. The highest BCUT2D eigenvalue weighted by Crippen LogP contribution is 2.37. The quantitative estimate of drug-likeness (QED) is 0.589. The summed E-state index contributed by atoms with van der Waals surface area (Å²) in [5.41, 5.74) is 7.36. The maximum atomic E-state index is 13.0. The van der Waals surface area contributed by atoms with Crippen molar-refractivity contribution in [2.24, 2.45) is 5.73 Å². The van der Waals surface area contributed by atoms with Gasteiger partial charge in [-0.1, -0.05) is 25.7 Å². The first-order valence-corrected chi connectivity index (χ1v) is 13.9. The van der Waals surface area contributed by atoms with Gasteiger partial charge >= 0.3 is 0 Å². The van der Waals surface area contributed by atoms with E-state index in [1.54, 1.807) is 7.05 Å². The summed E-state index contributed by atoms with van der Waals surface area (Å²) in [6, 6.07) is 6.00. The van der Waals surface area contributed by atoms with E-state index in [4.69, 9.17) is 5.73 Å². The highest BCUT2D eigenvalue weighted by molar-refractivity contribution is 7.89. The van der Waals surface area contributed by atoms with Gasteiger partial charge in [-0.05, 0) is 68.4 Å². The summed E-state index contributed by atoms with van der Waals surface area (Å²) in [6.07, 6.45) is 9.86. The predicted molar refractivity (Wildman–Crippen MR) is 130 cm³/mol. The van der Waals surface area contributed by atoms with E-state index in [9.17, 15) is 18.0 Å². The van der Waals surface area contributed by atoms with Crippen LogP contribution in [0.5, 0.6) is 0 Å². The topological polar surface area (TPSA) is 110 Å². The number of carbonyl (C=O) groups excluding carboxylic acids is 2. The number of nitrogens with two attached hydrogens (primary N) is 1. The largest absolute Gasteiger partial charge is 0.365 e. The molecule has 7 nitrogen and oxygen atoms in total. The smallest absolute Gasteiger partial charge is 0.256 e. The van der Waals surface area contributed by atoms with Crippen LogP contribution in [0.25, 0.3) is 0 Å². The molecule has 3 N–H and O–H groups in total. The number of aryl methyl sites for hydroxylation is 1. The monoisotopic (exact) mass is 489 g/mol. The van der Waals surface area contributed by atoms with Gasteiger partial charge in [0.15, 0.2) is 0 Å². The van der Waals surface area contributed by atoms with Crippen molar-refractivity contribution in [3.63, 3.8) is 0 Å². The molecule has 0 saturated heterocycles. The second kappa shape index (κ2) is 9.95. The van der Waals surface area contributed by atoms with E-state index in [1.165, 1.54) is 39.9 Å². The number of nitrogens with zero attached hydrogens (tertiary/aromatic N) is 1. The van der Waals surface area contributed by atoms with E-state index in [-0.39, 0.29) is 10.9 Å². The van der Waals surface area contributed by atoms with Crippen molar-refractivity contribution >= 4 is 38.2 Å². The average Bonchev–Trinajstić information content (AvgIpc) is 2.99. The number of anilines is 1. The van der Waals surface area contributed by atoms with Crippen LogP contribution in [0.15, 0.2) is 29.2 Å². The Kier molecular flexibility index (Phi) is 7.21. The normalized spacial score (nSPS) is 17.4. The van der Waals surface area contributed by atoms with E-state index < -0.39 is 21.8 Å². The number of benzene rings is 1. The number of nitrogens with one attached hydrogen (secondary N) is 1. The molecule has 1 aromatic carbocycles. The Labute approximate surface area is 199 Å². The molecule has 1 heterocycles. The molecule has 2 aromatic rings. The van der Waals surface area contributed by atoms with Crippen LogP contribution in [-0.4, -0.2) is 37.6 Å². The molecule has 0 atom stereocenters. The maximum Gasteiger partial charge on any atom is 0.256 e. The van der Waals surface area contributed by atoms with Crippen LogP contribution in [0.2, 0.25) is 0 Å². The molecule has 0 radical (unpaired) electrons. The summed E-state index contributed by atoms with van der Waals surface area (Å²) in [4.78, 5) is 26.3. The lowest BCUT2D eigenvalue weighted by Crippen LogP contribution is -2.38. The third-order valence-corrected chi connectivity index (χ3v) is 9.91. The molecule has 1 fully saturated rings. The highest BCUT2D eigenvalue weighted by Gasteiger charge is 2.29. The summed E-state index contributed by atoms with van der Waals surface area (Å²) >= 11 is 1.42. The number of sulfonamides is 1. The Balaban J connectivity index is 1.52.